The Hall–Kier alpha value is -0.0800. The second-order valence-electron chi connectivity index (χ2n) is 9.31. The number of hydrogen-bond donors (Lipinski definition) is 2. The molecule has 0 heterocycles. The van der Waals surface area contributed by atoms with Gasteiger partial charge in [-0.2, -0.15) is 0 Å². The maximum absolute atomic E-state index is 10.9. The van der Waals surface area contributed by atoms with E-state index in [1.54, 1.807) is 0 Å². The molecule has 2 N–H and O–H groups in total. The lowest BCUT2D eigenvalue weighted by Crippen LogP contribution is -2.57. The fourth-order valence-electron chi connectivity index (χ4n) is 7.19. The zero-order chi connectivity index (χ0) is 14.8. The SMILES string of the molecule is C[C@@]12CCC[C@H]1[C@@H]1C(O)CC3CC(O)CC[C@]3(C)[C@H]1CC2. The van der Waals surface area contributed by atoms with Gasteiger partial charge >= 0.3 is 0 Å². The summed E-state index contributed by atoms with van der Waals surface area (Å²) < 4.78 is 0. The molecule has 2 heteroatoms. The van der Waals surface area contributed by atoms with Gasteiger partial charge in [0.05, 0.1) is 12.2 Å². The third kappa shape index (κ3) is 1.97. The lowest BCUT2D eigenvalue weighted by molar-refractivity contribution is -0.168. The van der Waals surface area contributed by atoms with Crippen LogP contribution in [0.3, 0.4) is 0 Å². The predicted octanol–water partition coefficient (Wildman–Crippen LogP) is 3.75. The molecule has 4 saturated carbocycles. The minimum absolute atomic E-state index is 0.110. The van der Waals surface area contributed by atoms with Crippen LogP contribution in [0.1, 0.15) is 71.6 Å². The highest BCUT2D eigenvalue weighted by Gasteiger charge is 2.60. The normalized spacial score (nSPS) is 60.0. The van der Waals surface area contributed by atoms with Crippen LogP contribution >= 0.6 is 0 Å². The number of hydrogen-bond acceptors (Lipinski definition) is 2. The lowest BCUT2D eigenvalue weighted by atomic mass is 9.44. The molecule has 0 amide bonds. The van der Waals surface area contributed by atoms with Gasteiger partial charge in [-0.15, -0.1) is 0 Å². The molecule has 4 aliphatic carbocycles. The maximum atomic E-state index is 10.9. The average Bonchev–Trinajstić information content (AvgIpc) is 2.82. The van der Waals surface area contributed by atoms with Crippen molar-refractivity contribution < 1.29 is 10.2 Å². The Bertz CT molecular complexity index is 422. The number of aliphatic hydroxyl groups excluding tert-OH is 2. The third-order valence-electron chi connectivity index (χ3n) is 8.44. The van der Waals surface area contributed by atoms with Crippen LogP contribution < -0.4 is 0 Å². The van der Waals surface area contributed by atoms with Crippen molar-refractivity contribution in [3.63, 3.8) is 0 Å². The highest BCUT2D eigenvalue weighted by Crippen LogP contribution is 2.66. The molecule has 8 atom stereocenters. The van der Waals surface area contributed by atoms with Gasteiger partial charge in [-0.05, 0) is 85.9 Å². The summed E-state index contributed by atoms with van der Waals surface area (Å²) in [5, 5.41) is 21.0. The molecule has 0 aromatic carbocycles. The Morgan fingerprint density at radius 1 is 0.857 bits per heavy atom. The van der Waals surface area contributed by atoms with E-state index >= 15 is 0 Å². The van der Waals surface area contributed by atoms with Crippen LogP contribution in [0.15, 0.2) is 0 Å². The summed E-state index contributed by atoms with van der Waals surface area (Å²) in [7, 11) is 0. The average molecular weight is 292 g/mol. The Morgan fingerprint density at radius 2 is 1.67 bits per heavy atom. The Kier molecular flexibility index (Phi) is 3.25. The van der Waals surface area contributed by atoms with Gasteiger partial charge in [-0.25, -0.2) is 0 Å². The van der Waals surface area contributed by atoms with E-state index in [4.69, 9.17) is 0 Å². The fraction of sp³-hybridized carbons (Fsp3) is 1.00. The van der Waals surface area contributed by atoms with Gasteiger partial charge in [0.2, 0.25) is 0 Å². The summed E-state index contributed by atoms with van der Waals surface area (Å²) in [5.41, 5.74) is 0.895. The first-order valence-electron chi connectivity index (χ1n) is 9.30. The van der Waals surface area contributed by atoms with Crippen LogP contribution in [-0.2, 0) is 0 Å². The first-order chi connectivity index (χ1) is 9.94. The standard InChI is InChI=1S/C19H32O2/c1-18-7-3-4-14(18)17-15(6-8-18)19(2)9-5-13(20)10-12(19)11-16(17)21/h12-17,20-21H,3-11H2,1-2H3/t12?,13?,14-,15-,16?,17-,18-,19-/m0/s1. The van der Waals surface area contributed by atoms with E-state index in [0.29, 0.717) is 28.6 Å². The molecule has 4 rings (SSSR count). The first-order valence-corrected chi connectivity index (χ1v) is 9.30. The van der Waals surface area contributed by atoms with Crippen LogP contribution in [0.25, 0.3) is 0 Å². The molecule has 0 aromatic rings. The Morgan fingerprint density at radius 3 is 2.48 bits per heavy atom. The fourth-order valence-corrected chi connectivity index (χ4v) is 7.19. The highest BCUT2D eigenvalue weighted by molar-refractivity contribution is 5.09. The van der Waals surface area contributed by atoms with Crippen molar-refractivity contribution in [3.8, 4) is 0 Å². The van der Waals surface area contributed by atoms with Gasteiger partial charge in [0.15, 0.2) is 0 Å². The van der Waals surface area contributed by atoms with Crippen molar-refractivity contribution in [3.05, 3.63) is 0 Å². The summed E-state index contributed by atoms with van der Waals surface area (Å²) in [6, 6.07) is 0. The zero-order valence-electron chi connectivity index (χ0n) is 13.7. The molecule has 0 aliphatic heterocycles. The van der Waals surface area contributed by atoms with Crippen LogP contribution in [0.2, 0.25) is 0 Å². The van der Waals surface area contributed by atoms with Crippen LogP contribution in [0.5, 0.6) is 0 Å². The van der Waals surface area contributed by atoms with E-state index in [2.05, 4.69) is 13.8 Å². The molecular formula is C19H32O2. The summed E-state index contributed by atoms with van der Waals surface area (Å²) in [4.78, 5) is 0. The van der Waals surface area contributed by atoms with Crippen molar-refractivity contribution in [1.82, 2.24) is 0 Å². The van der Waals surface area contributed by atoms with E-state index in [1.165, 1.54) is 38.5 Å². The summed E-state index contributed by atoms with van der Waals surface area (Å²) in [5.74, 6) is 2.55. The smallest absolute Gasteiger partial charge is 0.0577 e. The van der Waals surface area contributed by atoms with Gasteiger partial charge in [0.25, 0.3) is 0 Å². The van der Waals surface area contributed by atoms with E-state index in [-0.39, 0.29) is 12.2 Å². The van der Waals surface area contributed by atoms with Crippen molar-refractivity contribution in [2.24, 2.45) is 34.5 Å². The van der Waals surface area contributed by atoms with Gasteiger partial charge in [0.1, 0.15) is 0 Å². The minimum atomic E-state index is -0.118. The highest BCUT2D eigenvalue weighted by atomic mass is 16.3. The van der Waals surface area contributed by atoms with E-state index < -0.39 is 0 Å². The molecule has 4 fully saturated rings. The largest absolute Gasteiger partial charge is 0.393 e. The maximum Gasteiger partial charge on any atom is 0.0577 e. The minimum Gasteiger partial charge on any atom is -0.393 e. The van der Waals surface area contributed by atoms with Crippen molar-refractivity contribution in [2.45, 2.75) is 83.8 Å². The molecule has 120 valence electrons. The van der Waals surface area contributed by atoms with E-state index in [0.717, 1.165) is 25.2 Å². The second kappa shape index (κ2) is 4.71. The quantitative estimate of drug-likeness (QED) is 0.714. The number of aliphatic hydroxyl groups is 2. The third-order valence-corrected chi connectivity index (χ3v) is 8.44. The first kappa shape index (κ1) is 14.5. The molecule has 0 spiro atoms. The van der Waals surface area contributed by atoms with Crippen LogP contribution in [-0.4, -0.2) is 22.4 Å². The molecule has 4 aliphatic rings. The van der Waals surface area contributed by atoms with E-state index in [1.807, 2.05) is 0 Å². The molecule has 21 heavy (non-hydrogen) atoms. The molecule has 0 saturated heterocycles. The van der Waals surface area contributed by atoms with Crippen molar-refractivity contribution in [1.29, 1.82) is 0 Å². The summed E-state index contributed by atoms with van der Waals surface area (Å²) >= 11 is 0. The van der Waals surface area contributed by atoms with Crippen LogP contribution in [0, 0.1) is 34.5 Å². The topological polar surface area (TPSA) is 40.5 Å². The van der Waals surface area contributed by atoms with Gasteiger partial charge in [-0.1, -0.05) is 20.3 Å². The lowest BCUT2D eigenvalue weighted by Gasteiger charge is -2.61. The Labute approximate surface area is 129 Å². The van der Waals surface area contributed by atoms with Gasteiger partial charge < -0.3 is 10.2 Å². The summed E-state index contributed by atoms with van der Waals surface area (Å²) in [6.07, 6.45) is 10.6. The molecule has 0 aromatic heterocycles. The number of fused-ring (bicyclic) bond motifs is 5. The predicted molar refractivity (Wildman–Crippen MR) is 83.7 cm³/mol. The van der Waals surface area contributed by atoms with Crippen LogP contribution in [0.4, 0.5) is 0 Å². The van der Waals surface area contributed by atoms with Gasteiger partial charge in [-0.3, -0.25) is 0 Å². The Balaban J connectivity index is 1.67. The molecule has 2 nitrogen and oxygen atoms in total. The van der Waals surface area contributed by atoms with Crippen molar-refractivity contribution >= 4 is 0 Å². The molecule has 3 unspecified atom stereocenters. The summed E-state index contributed by atoms with van der Waals surface area (Å²) in [6.45, 7) is 4.98. The molecule has 0 bridgehead atoms. The number of rotatable bonds is 0. The van der Waals surface area contributed by atoms with E-state index in [9.17, 15) is 10.2 Å². The zero-order valence-corrected chi connectivity index (χ0v) is 13.7. The van der Waals surface area contributed by atoms with Crippen molar-refractivity contribution in [2.75, 3.05) is 0 Å². The second-order valence-corrected chi connectivity index (χ2v) is 9.31. The monoisotopic (exact) mass is 292 g/mol. The molecular weight excluding hydrogens is 260 g/mol. The van der Waals surface area contributed by atoms with Gasteiger partial charge in [0, 0.05) is 0 Å². The molecule has 0 radical (unpaired) electrons.